The van der Waals surface area contributed by atoms with Gasteiger partial charge in [-0.15, -0.1) is 12.8 Å². The van der Waals surface area contributed by atoms with Crippen LogP contribution in [0.4, 0.5) is 5.69 Å². The van der Waals surface area contributed by atoms with Gasteiger partial charge in [0.05, 0.1) is 17.3 Å². The maximum absolute atomic E-state index is 11.8. The Hall–Kier alpha value is -4.73. The number of carbonyl (C=O) groups is 2. The molecule has 0 radical (unpaired) electrons. The summed E-state index contributed by atoms with van der Waals surface area (Å²) in [6, 6.07) is 13.9. The fraction of sp³-hybridized carbons (Fsp3) is 0.0800. The van der Waals surface area contributed by atoms with Crippen molar-refractivity contribution in [1.82, 2.24) is 0 Å². The van der Waals surface area contributed by atoms with Gasteiger partial charge in [0.2, 0.25) is 0 Å². The average Bonchev–Trinajstić information content (AvgIpc) is 3.13. The SMILES string of the molecule is C#CCOc1ccc(/C=C(\C#N)c2ccc(N3C(=O)C=CC3=O)cc2)cc1OCC#C. The Labute approximate surface area is 180 Å². The van der Waals surface area contributed by atoms with Crippen molar-refractivity contribution in [3.63, 3.8) is 0 Å². The van der Waals surface area contributed by atoms with E-state index in [4.69, 9.17) is 22.3 Å². The van der Waals surface area contributed by atoms with Crippen molar-refractivity contribution in [2.75, 3.05) is 18.1 Å². The molecule has 0 spiro atoms. The molecule has 0 saturated heterocycles. The number of imide groups is 1. The zero-order valence-corrected chi connectivity index (χ0v) is 16.4. The fourth-order valence-corrected chi connectivity index (χ4v) is 2.88. The van der Waals surface area contributed by atoms with Crippen LogP contribution in [-0.2, 0) is 9.59 Å². The van der Waals surface area contributed by atoms with Crippen LogP contribution >= 0.6 is 0 Å². The van der Waals surface area contributed by atoms with Crippen molar-refractivity contribution in [2.45, 2.75) is 0 Å². The first-order valence-electron chi connectivity index (χ1n) is 9.12. The molecule has 0 N–H and O–H groups in total. The Kier molecular flexibility index (Phi) is 6.54. The Morgan fingerprint density at radius 3 is 2.13 bits per heavy atom. The van der Waals surface area contributed by atoms with E-state index in [1.54, 1.807) is 48.5 Å². The van der Waals surface area contributed by atoms with Gasteiger partial charge in [0.1, 0.15) is 13.2 Å². The minimum atomic E-state index is -0.402. The Bertz CT molecular complexity index is 1180. The first kappa shape index (κ1) is 21.0. The largest absolute Gasteiger partial charge is 0.477 e. The smallest absolute Gasteiger partial charge is 0.258 e. The van der Waals surface area contributed by atoms with E-state index in [1.807, 2.05) is 0 Å². The molecule has 31 heavy (non-hydrogen) atoms. The highest BCUT2D eigenvalue weighted by atomic mass is 16.5. The Balaban J connectivity index is 1.88. The van der Waals surface area contributed by atoms with E-state index >= 15 is 0 Å². The summed E-state index contributed by atoms with van der Waals surface area (Å²) in [6.07, 6.45) is 14.6. The van der Waals surface area contributed by atoms with Crippen molar-refractivity contribution in [3.05, 3.63) is 65.7 Å². The van der Waals surface area contributed by atoms with Crippen LogP contribution in [-0.4, -0.2) is 25.0 Å². The molecular weight excluding hydrogens is 392 g/mol. The molecular formula is C25H16N2O4. The molecule has 0 aliphatic carbocycles. The number of allylic oxidation sites excluding steroid dienone is 1. The number of nitrogens with zero attached hydrogens (tertiary/aromatic N) is 2. The first-order chi connectivity index (χ1) is 15.1. The molecule has 0 unspecified atom stereocenters. The van der Waals surface area contributed by atoms with E-state index in [0.717, 1.165) is 4.90 Å². The van der Waals surface area contributed by atoms with Crippen molar-refractivity contribution < 1.29 is 19.1 Å². The summed E-state index contributed by atoms with van der Waals surface area (Å²) in [5, 5.41) is 9.64. The number of terminal acetylenes is 2. The normalized spacial score (nSPS) is 12.8. The maximum atomic E-state index is 11.8. The van der Waals surface area contributed by atoms with Gasteiger partial charge in [-0.2, -0.15) is 5.26 Å². The zero-order valence-electron chi connectivity index (χ0n) is 16.4. The third-order valence-corrected chi connectivity index (χ3v) is 4.27. The molecule has 6 heteroatoms. The van der Waals surface area contributed by atoms with Gasteiger partial charge in [0, 0.05) is 12.2 Å². The molecule has 150 valence electrons. The van der Waals surface area contributed by atoms with Gasteiger partial charge in [-0.05, 0) is 41.5 Å². The molecule has 2 aromatic carbocycles. The molecule has 0 bridgehead atoms. The molecule has 0 fully saturated rings. The van der Waals surface area contributed by atoms with Crippen molar-refractivity contribution >= 4 is 29.2 Å². The topological polar surface area (TPSA) is 79.6 Å². The van der Waals surface area contributed by atoms with E-state index in [1.165, 1.54) is 12.2 Å². The molecule has 6 nitrogen and oxygen atoms in total. The van der Waals surface area contributed by atoms with Gasteiger partial charge in [0.25, 0.3) is 11.8 Å². The van der Waals surface area contributed by atoms with Crippen LogP contribution in [0.25, 0.3) is 11.6 Å². The number of anilines is 1. The lowest BCUT2D eigenvalue weighted by atomic mass is 10.0. The van der Waals surface area contributed by atoms with Crippen molar-refractivity contribution in [3.8, 4) is 42.3 Å². The molecule has 3 rings (SSSR count). The van der Waals surface area contributed by atoms with Gasteiger partial charge in [-0.25, -0.2) is 4.90 Å². The summed E-state index contributed by atoms with van der Waals surface area (Å²) >= 11 is 0. The number of rotatable bonds is 7. The molecule has 0 atom stereocenters. The van der Waals surface area contributed by atoms with Gasteiger partial charge in [-0.3, -0.25) is 9.59 Å². The van der Waals surface area contributed by atoms with Crippen molar-refractivity contribution in [1.29, 1.82) is 5.26 Å². The van der Waals surface area contributed by atoms with E-state index in [2.05, 4.69) is 17.9 Å². The second-order valence-corrected chi connectivity index (χ2v) is 6.25. The molecule has 2 amide bonds. The summed E-state index contributed by atoms with van der Waals surface area (Å²) in [5.41, 5.74) is 2.12. The summed E-state index contributed by atoms with van der Waals surface area (Å²) in [6.45, 7) is 0.129. The van der Waals surface area contributed by atoms with Gasteiger partial charge in [-0.1, -0.05) is 30.0 Å². The Morgan fingerprint density at radius 1 is 0.935 bits per heavy atom. The van der Waals surface area contributed by atoms with Gasteiger partial charge >= 0.3 is 0 Å². The number of carbonyl (C=O) groups excluding carboxylic acids is 2. The molecule has 2 aromatic rings. The predicted octanol–water partition coefficient (Wildman–Crippen LogP) is 3.20. The highest BCUT2D eigenvalue weighted by Crippen LogP contribution is 2.30. The second kappa shape index (κ2) is 9.65. The molecule has 1 aliphatic heterocycles. The van der Waals surface area contributed by atoms with Crippen LogP contribution in [0.2, 0.25) is 0 Å². The zero-order chi connectivity index (χ0) is 22.2. The van der Waals surface area contributed by atoms with Crippen LogP contribution in [0.1, 0.15) is 11.1 Å². The number of amides is 2. The van der Waals surface area contributed by atoms with Crippen LogP contribution < -0.4 is 14.4 Å². The highest BCUT2D eigenvalue weighted by molar-refractivity contribution is 6.28. The molecule has 0 saturated carbocycles. The molecule has 1 aliphatic rings. The third kappa shape index (κ3) is 4.82. The lowest BCUT2D eigenvalue weighted by Gasteiger charge is -2.14. The lowest BCUT2D eigenvalue weighted by molar-refractivity contribution is -0.119. The van der Waals surface area contributed by atoms with Crippen LogP contribution in [0, 0.1) is 36.0 Å². The second-order valence-electron chi connectivity index (χ2n) is 6.25. The number of hydrogen-bond donors (Lipinski definition) is 0. The molecule has 0 aromatic heterocycles. The van der Waals surface area contributed by atoms with Crippen LogP contribution in [0.3, 0.4) is 0 Å². The van der Waals surface area contributed by atoms with E-state index in [-0.39, 0.29) is 13.2 Å². The maximum Gasteiger partial charge on any atom is 0.258 e. The lowest BCUT2D eigenvalue weighted by Crippen LogP contribution is -2.29. The van der Waals surface area contributed by atoms with Gasteiger partial charge < -0.3 is 9.47 Å². The Morgan fingerprint density at radius 2 is 1.55 bits per heavy atom. The summed E-state index contributed by atoms with van der Waals surface area (Å²) in [7, 11) is 0. The molecule has 1 heterocycles. The minimum Gasteiger partial charge on any atom is -0.477 e. The fourth-order valence-electron chi connectivity index (χ4n) is 2.88. The number of ether oxygens (including phenoxy) is 2. The average molecular weight is 408 g/mol. The van der Waals surface area contributed by atoms with E-state index in [0.29, 0.717) is 33.9 Å². The van der Waals surface area contributed by atoms with E-state index in [9.17, 15) is 14.9 Å². The summed E-state index contributed by atoms with van der Waals surface area (Å²) in [5.74, 6) is 4.83. The predicted molar refractivity (Wildman–Crippen MR) is 117 cm³/mol. The number of hydrogen-bond acceptors (Lipinski definition) is 5. The summed E-state index contributed by atoms with van der Waals surface area (Å²) in [4.78, 5) is 24.7. The number of nitriles is 1. The third-order valence-electron chi connectivity index (χ3n) is 4.27. The van der Waals surface area contributed by atoms with E-state index < -0.39 is 11.8 Å². The van der Waals surface area contributed by atoms with Crippen molar-refractivity contribution in [2.24, 2.45) is 0 Å². The summed E-state index contributed by atoms with van der Waals surface area (Å²) < 4.78 is 11.0. The standard InChI is InChI=1S/C25H16N2O4/c1-3-13-30-22-10-5-18(16-23(22)31-14-4-2)15-20(17-26)19-6-8-21(9-7-19)27-24(28)11-12-25(27)29/h1-2,5-12,15-16H,13-14H2/b20-15+. The monoisotopic (exact) mass is 408 g/mol. The van der Waals surface area contributed by atoms with Crippen LogP contribution in [0.5, 0.6) is 11.5 Å². The highest BCUT2D eigenvalue weighted by Gasteiger charge is 2.24. The quantitative estimate of drug-likeness (QED) is 0.304. The number of benzene rings is 2. The van der Waals surface area contributed by atoms with Crippen LogP contribution in [0.15, 0.2) is 54.6 Å². The first-order valence-corrected chi connectivity index (χ1v) is 9.12. The minimum absolute atomic E-state index is 0.0505. The van der Waals surface area contributed by atoms with Gasteiger partial charge in [0.15, 0.2) is 11.5 Å².